The minimum atomic E-state index is -3.84. The molecule has 8 nitrogen and oxygen atoms in total. The van der Waals surface area contributed by atoms with Gasteiger partial charge in [-0.3, -0.25) is 15.2 Å². The Bertz CT molecular complexity index is 1160. The lowest BCUT2D eigenvalue weighted by atomic mass is 10.1. The maximum Gasteiger partial charge on any atom is 0.271 e. The van der Waals surface area contributed by atoms with Gasteiger partial charge in [0.25, 0.3) is 5.69 Å². The molecule has 0 fully saturated rings. The van der Waals surface area contributed by atoms with Crippen LogP contribution in [0, 0.1) is 24.0 Å². The number of hydrogen-bond acceptors (Lipinski definition) is 5. The van der Waals surface area contributed by atoms with Crippen molar-refractivity contribution in [3.63, 3.8) is 0 Å². The predicted octanol–water partition coefficient (Wildman–Crippen LogP) is 3.86. The van der Waals surface area contributed by atoms with E-state index >= 15 is 0 Å². The standard InChI is InChI=1S/C21H24N4O4S/c1-15-12-19(25(26)27)14-21(16(15)2)30(28,29)24(3)11-7-10-18-13-20(23-22-18)17-8-5-4-6-9-17/h4-6,8-9,12-14H,7,10-11H2,1-3H3,(H,22,23). The van der Waals surface area contributed by atoms with E-state index in [4.69, 9.17) is 0 Å². The first-order chi connectivity index (χ1) is 14.2. The van der Waals surface area contributed by atoms with Crippen LogP contribution in [-0.4, -0.2) is 41.4 Å². The summed E-state index contributed by atoms with van der Waals surface area (Å²) in [6, 6.07) is 14.3. The first-order valence-corrected chi connectivity index (χ1v) is 11.0. The average molecular weight is 429 g/mol. The van der Waals surface area contributed by atoms with Crippen molar-refractivity contribution >= 4 is 15.7 Å². The van der Waals surface area contributed by atoms with Crippen LogP contribution in [0.25, 0.3) is 11.3 Å². The Balaban J connectivity index is 1.68. The fraction of sp³-hybridized carbons (Fsp3) is 0.286. The molecule has 0 saturated carbocycles. The number of nitro benzene ring substituents is 1. The number of aromatic amines is 1. The summed E-state index contributed by atoms with van der Waals surface area (Å²) in [6.07, 6.45) is 1.21. The molecule has 158 valence electrons. The molecule has 0 aliphatic heterocycles. The number of benzene rings is 2. The lowest BCUT2D eigenvalue weighted by molar-refractivity contribution is -0.385. The Labute approximate surface area is 175 Å². The Morgan fingerprint density at radius 3 is 2.50 bits per heavy atom. The number of H-pyrrole nitrogens is 1. The summed E-state index contributed by atoms with van der Waals surface area (Å²) in [5.41, 5.74) is 3.64. The summed E-state index contributed by atoms with van der Waals surface area (Å²) in [7, 11) is -2.35. The van der Waals surface area contributed by atoms with Crippen LogP contribution in [0.5, 0.6) is 0 Å². The van der Waals surface area contributed by atoms with Crippen molar-refractivity contribution in [2.75, 3.05) is 13.6 Å². The van der Waals surface area contributed by atoms with E-state index in [1.165, 1.54) is 17.4 Å². The monoisotopic (exact) mass is 428 g/mol. The van der Waals surface area contributed by atoms with Gasteiger partial charge in [-0.05, 0) is 43.9 Å². The van der Waals surface area contributed by atoms with Crippen LogP contribution in [0.3, 0.4) is 0 Å². The van der Waals surface area contributed by atoms with Crippen LogP contribution in [0.1, 0.15) is 23.2 Å². The minimum absolute atomic E-state index is 0.0235. The van der Waals surface area contributed by atoms with Crippen LogP contribution in [0.4, 0.5) is 5.69 Å². The van der Waals surface area contributed by atoms with Gasteiger partial charge in [-0.2, -0.15) is 5.10 Å². The van der Waals surface area contributed by atoms with E-state index in [-0.39, 0.29) is 17.1 Å². The summed E-state index contributed by atoms with van der Waals surface area (Å²) < 4.78 is 27.2. The fourth-order valence-electron chi connectivity index (χ4n) is 3.21. The first-order valence-electron chi connectivity index (χ1n) is 9.52. The molecule has 9 heteroatoms. The topological polar surface area (TPSA) is 109 Å². The molecule has 1 heterocycles. The van der Waals surface area contributed by atoms with Crippen molar-refractivity contribution in [2.24, 2.45) is 0 Å². The van der Waals surface area contributed by atoms with Crippen LogP contribution >= 0.6 is 0 Å². The van der Waals surface area contributed by atoms with Crippen LogP contribution in [0.15, 0.2) is 53.4 Å². The van der Waals surface area contributed by atoms with Crippen molar-refractivity contribution in [1.29, 1.82) is 0 Å². The highest BCUT2D eigenvalue weighted by Gasteiger charge is 2.26. The first kappa shape index (κ1) is 21.7. The molecule has 3 aromatic rings. The zero-order chi connectivity index (χ0) is 21.9. The molecule has 0 saturated heterocycles. The molecule has 1 aromatic heterocycles. The molecule has 2 aromatic carbocycles. The van der Waals surface area contributed by atoms with Gasteiger partial charge in [-0.15, -0.1) is 0 Å². The maximum atomic E-state index is 13.0. The average Bonchev–Trinajstić information content (AvgIpc) is 3.19. The Morgan fingerprint density at radius 1 is 1.13 bits per heavy atom. The van der Waals surface area contributed by atoms with Crippen molar-refractivity contribution in [3.8, 4) is 11.3 Å². The summed E-state index contributed by atoms with van der Waals surface area (Å²) in [5, 5.41) is 18.4. The maximum absolute atomic E-state index is 13.0. The zero-order valence-electron chi connectivity index (χ0n) is 17.1. The molecular formula is C21H24N4O4S. The molecule has 0 radical (unpaired) electrons. The van der Waals surface area contributed by atoms with E-state index in [2.05, 4.69) is 10.2 Å². The summed E-state index contributed by atoms with van der Waals surface area (Å²) in [6.45, 7) is 3.61. The quantitative estimate of drug-likeness (QED) is 0.433. The molecule has 3 rings (SSSR count). The fourth-order valence-corrected chi connectivity index (χ4v) is 4.73. The van der Waals surface area contributed by atoms with E-state index in [1.54, 1.807) is 13.8 Å². The second kappa shape index (κ2) is 8.76. The van der Waals surface area contributed by atoms with Crippen LogP contribution in [0.2, 0.25) is 0 Å². The third-order valence-corrected chi connectivity index (χ3v) is 7.11. The van der Waals surface area contributed by atoms with Crippen molar-refractivity contribution in [1.82, 2.24) is 14.5 Å². The number of aromatic nitrogens is 2. The van der Waals surface area contributed by atoms with Gasteiger partial charge in [0, 0.05) is 37.0 Å². The number of non-ortho nitro benzene ring substituents is 1. The van der Waals surface area contributed by atoms with E-state index in [0.29, 0.717) is 24.0 Å². The zero-order valence-corrected chi connectivity index (χ0v) is 17.9. The normalized spacial score (nSPS) is 11.7. The third-order valence-electron chi connectivity index (χ3n) is 5.12. The second-order valence-electron chi connectivity index (χ2n) is 7.22. The Hall–Kier alpha value is -3.04. The van der Waals surface area contributed by atoms with E-state index < -0.39 is 14.9 Å². The van der Waals surface area contributed by atoms with Gasteiger partial charge < -0.3 is 0 Å². The van der Waals surface area contributed by atoms with Gasteiger partial charge in [-0.25, -0.2) is 12.7 Å². The molecule has 1 N–H and O–H groups in total. The lowest BCUT2D eigenvalue weighted by Gasteiger charge is -2.19. The molecule has 0 bridgehead atoms. The van der Waals surface area contributed by atoms with Crippen molar-refractivity contribution < 1.29 is 13.3 Å². The van der Waals surface area contributed by atoms with Gasteiger partial charge in [-0.1, -0.05) is 30.3 Å². The SMILES string of the molecule is Cc1cc([N+](=O)[O-])cc(S(=O)(=O)N(C)CCCc2cc(-c3ccccc3)n[nH]2)c1C. The number of sulfonamides is 1. The Kier molecular flexibility index (Phi) is 6.33. The summed E-state index contributed by atoms with van der Waals surface area (Å²) >= 11 is 0. The summed E-state index contributed by atoms with van der Waals surface area (Å²) in [4.78, 5) is 10.5. The molecular weight excluding hydrogens is 404 g/mol. The molecule has 0 aliphatic carbocycles. The predicted molar refractivity (Wildman–Crippen MR) is 115 cm³/mol. The Morgan fingerprint density at radius 2 is 1.83 bits per heavy atom. The van der Waals surface area contributed by atoms with Crippen molar-refractivity contribution in [3.05, 3.63) is 75.5 Å². The van der Waals surface area contributed by atoms with Gasteiger partial charge in [0.15, 0.2) is 0 Å². The highest BCUT2D eigenvalue weighted by Crippen LogP contribution is 2.27. The third kappa shape index (κ3) is 4.58. The molecule has 0 spiro atoms. The largest absolute Gasteiger partial charge is 0.282 e. The molecule has 0 aliphatic rings. The number of nitrogens with zero attached hydrogens (tertiary/aromatic N) is 3. The molecule has 0 amide bonds. The van der Waals surface area contributed by atoms with E-state index in [9.17, 15) is 18.5 Å². The second-order valence-corrected chi connectivity index (χ2v) is 9.23. The lowest BCUT2D eigenvalue weighted by Crippen LogP contribution is -2.29. The van der Waals surface area contributed by atoms with Crippen molar-refractivity contribution in [2.45, 2.75) is 31.6 Å². The van der Waals surface area contributed by atoms with Gasteiger partial charge in [0.2, 0.25) is 10.0 Å². The number of aryl methyl sites for hydroxylation is 2. The smallest absolute Gasteiger partial charge is 0.271 e. The molecule has 0 atom stereocenters. The summed E-state index contributed by atoms with van der Waals surface area (Å²) in [5.74, 6) is 0. The number of hydrogen-bond donors (Lipinski definition) is 1. The molecule has 30 heavy (non-hydrogen) atoms. The van der Waals surface area contributed by atoms with Crippen LogP contribution < -0.4 is 0 Å². The highest BCUT2D eigenvalue weighted by atomic mass is 32.2. The number of rotatable bonds is 8. The number of nitrogens with one attached hydrogen (secondary N) is 1. The van der Waals surface area contributed by atoms with Gasteiger partial charge >= 0.3 is 0 Å². The highest BCUT2D eigenvalue weighted by molar-refractivity contribution is 7.89. The minimum Gasteiger partial charge on any atom is -0.282 e. The molecule has 0 unspecified atom stereocenters. The van der Waals surface area contributed by atoms with E-state index in [1.807, 2.05) is 36.4 Å². The number of nitro groups is 1. The van der Waals surface area contributed by atoms with E-state index in [0.717, 1.165) is 23.0 Å². The van der Waals surface area contributed by atoms with Crippen LogP contribution in [-0.2, 0) is 16.4 Å². The van der Waals surface area contributed by atoms with Gasteiger partial charge in [0.05, 0.1) is 15.5 Å². The van der Waals surface area contributed by atoms with Gasteiger partial charge in [0.1, 0.15) is 0 Å².